The van der Waals surface area contributed by atoms with Gasteiger partial charge in [0.2, 0.25) is 5.91 Å². The number of halogens is 1. The van der Waals surface area contributed by atoms with E-state index in [4.69, 9.17) is 11.6 Å². The molecule has 0 aliphatic carbocycles. The zero-order valence-electron chi connectivity index (χ0n) is 13.6. The van der Waals surface area contributed by atoms with Gasteiger partial charge in [-0.05, 0) is 48.9 Å². The molecule has 2 N–H and O–H groups in total. The SMILES string of the molecule is C[C@@H](C(=O)Nc1ccncc1)c1ccc2c(c1)[nH]c1ccc(Cl)cc12. The van der Waals surface area contributed by atoms with Crippen LogP contribution in [-0.2, 0) is 4.79 Å². The minimum atomic E-state index is -0.271. The van der Waals surface area contributed by atoms with Gasteiger partial charge in [0, 0.05) is 44.9 Å². The van der Waals surface area contributed by atoms with E-state index in [0.29, 0.717) is 5.02 Å². The Morgan fingerprint density at radius 1 is 1.04 bits per heavy atom. The smallest absolute Gasteiger partial charge is 0.231 e. The lowest BCUT2D eigenvalue weighted by Crippen LogP contribution is -2.18. The van der Waals surface area contributed by atoms with E-state index >= 15 is 0 Å². The molecule has 1 atom stereocenters. The number of nitrogens with zero attached hydrogens (tertiary/aromatic N) is 1. The van der Waals surface area contributed by atoms with Crippen LogP contribution in [0.25, 0.3) is 21.8 Å². The molecule has 2 heterocycles. The maximum atomic E-state index is 12.5. The van der Waals surface area contributed by atoms with Gasteiger partial charge >= 0.3 is 0 Å². The zero-order chi connectivity index (χ0) is 17.4. The van der Waals surface area contributed by atoms with Gasteiger partial charge in [0.15, 0.2) is 0 Å². The van der Waals surface area contributed by atoms with Crippen LogP contribution in [0.1, 0.15) is 18.4 Å². The van der Waals surface area contributed by atoms with Gasteiger partial charge in [0.1, 0.15) is 0 Å². The molecule has 4 nitrogen and oxygen atoms in total. The Bertz CT molecular complexity index is 1070. The second-order valence-electron chi connectivity index (χ2n) is 6.07. The monoisotopic (exact) mass is 349 g/mol. The van der Waals surface area contributed by atoms with Crippen molar-refractivity contribution >= 4 is 45.0 Å². The summed E-state index contributed by atoms with van der Waals surface area (Å²) in [6.07, 6.45) is 3.31. The first-order chi connectivity index (χ1) is 12.1. The molecule has 0 unspecified atom stereocenters. The van der Waals surface area contributed by atoms with Gasteiger partial charge in [0.25, 0.3) is 0 Å². The molecule has 25 heavy (non-hydrogen) atoms. The van der Waals surface area contributed by atoms with Crippen molar-refractivity contribution in [3.63, 3.8) is 0 Å². The number of nitrogens with one attached hydrogen (secondary N) is 2. The van der Waals surface area contributed by atoms with Crippen LogP contribution in [0.3, 0.4) is 0 Å². The Kier molecular flexibility index (Phi) is 3.90. The number of hydrogen-bond acceptors (Lipinski definition) is 2. The molecule has 2 aromatic carbocycles. The van der Waals surface area contributed by atoms with Crippen molar-refractivity contribution in [1.82, 2.24) is 9.97 Å². The molecule has 0 fully saturated rings. The summed E-state index contributed by atoms with van der Waals surface area (Å²) < 4.78 is 0. The Hall–Kier alpha value is -2.85. The van der Waals surface area contributed by atoms with E-state index < -0.39 is 0 Å². The fraction of sp³-hybridized carbons (Fsp3) is 0.100. The minimum Gasteiger partial charge on any atom is -0.355 e. The van der Waals surface area contributed by atoms with Crippen LogP contribution in [0.2, 0.25) is 5.02 Å². The zero-order valence-corrected chi connectivity index (χ0v) is 14.3. The first-order valence-electron chi connectivity index (χ1n) is 8.03. The molecular formula is C20H16ClN3O. The van der Waals surface area contributed by atoms with Crippen molar-refractivity contribution in [3.8, 4) is 0 Å². The molecule has 2 aromatic heterocycles. The van der Waals surface area contributed by atoms with Gasteiger partial charge < -0.3 is 10.3 Å². The molecule has 1 amide bonds. The van der Waals surface area contributed by atoms with E-state index in [9.17, 15) is 4.79 Å². The fourth-order valence-corrected chi connectivity index (χ4v) is 3.17. The molecule has 4 aromatic rings. The average molecular weight is 350 g/mol. The third-order valence-corrected chi connectivity index (χ3v) is 4.66. The average Bonchev–Trinajstić information content (AvgIpc) is 2.99. The molecule has 0 radical (unpaired) electrons. The number of amides is 1. The first kappa shape index (κ1) is 15.7. The number of hydrogen-bond donors (Lipinski definition) is 2. The van der Waals surface area contributed by atoms with Crippen molar-refractivity contribution in [2.24, 2.45) is 0 Å². The number of aromatic amines is 1. The third kappa shape index (κ3) is 2.96. The van der Waals surface area contributed by atoms with Crippen molar-refractivity contribution in [3.05, 3.63) is 71.5 Å². The van der Waals surface area contributed by atoms with E-state index in [1.807, 2.05) is 43.3 Å². The van der Waals surface area contributed by atoms with E-state index in [-0.39, 0.29) is 11.8 Å². The highest BCUT2D eigenvalue weighted by molar-refractivity contribution is 6.31. The summed E-state index contributed by atoms with van der Waals surface area (Å²) in [4.78, 5) is 19.8. The summed E-state index contributed by atoms with van der Waals surface area (Å²) in [6, 6.07) is 15.4. The highest BCUT2D eigenvalue weighted by atomic mass is 35.5. The molecule has 0 aliphatic heterocycles. The summed E-state index contributed by atoms with van der Waals surface area (Å²) in [7, 11) is 0. The number of H-pyrrole nitrogens is 1. The standard InChI is InChI=1S/C20H16ClN3O/c1-12(20(25)23-15-6-8-22-9-7-15)13-2-4-16-17-11-14(21)3-5-18(17)24-19(16)10-13/h2-12,24H,1H3,(H,22,23,25)/t12-/m1/s1. The number of carbonyl (C=O) groups excluding carboxylic acids is 1. The van der Waals surface area contributed by atoms with Crippen molar-refractivity contribution in [2.75, 3.05) is 5.32 Å². The second-order valence-corrected chi connectivity index (χ2v) is 6.50. The molecule has 5 heteroatoms. The Morgan fingerprint density at radius 3 is 2.64 bits per heavy atom. The van der Waals surface area contributed by atoms with Gasteiger partial charge in [-0.25, -0.2) is 0 Å². The Balaban J connectivity index is 1.66. The molecule has 124 valence electrons. The normalized spacial score (nSPS) is 12.4. The predicted octanol–water partition coefficient (Wildman–Crippen LogP) is 5.11. The Morgan fingerprint density at radius 2 is 1.84 bits per heavy atom. The summed E-state index contributed by atoms with van der Waals surface area (Å²) in [6.45, 7) is 1.90. The number of rotatable bonds is 3. The molecule has 0 saturated carbocycles. The molecule has 0 bridgehead atoms. The summed E-state index contributed by atoms with van der Waals surface area (Å²) in [5.74, 6) is -0.322. The highest BCUT2D eigenvalue weighted by Crippen LogP contribution is 2.30. The predicted molar refractivity (Wildman–Crippen MR) is 102 cm³/mol. The number of aromatic nitrogens is 2. The van der Waals surface area contributed by atoms with Crippen LogP contribution in [0, 0.1) is 0 Å². The van der Waals surface area contributed by atoms with Crippen molar-refractivity contribution < 1.29 is 4.79 Å². The van der Waals surface area contributed by atoms with Gasteiger partial charge in [-0.2, -0.15) is 0 Å². The number of pyridine rings is 1. The Labute approximate surface area is 149 Å². The molecular weight excluding hydrogens is 334 g/mol. The summed E-state index contributed by atoms with van der Waals surface area (Å²) >= 11 is 6.11. The topological polar surface area (TPSA) is 57.8 Å². The van der Waals surface area contributed by atoms with Crippen LogP contribution < -0.4 is 5.32 Å². The maximum Gasteiger partial charge on any atom is 0.231 e. The second kappa shape index (κ2) is 6.22. The van der Waals surface area contributed by atoms with Crippen LogP contribution in [0.4, 0.5) is 5.69 Å². The molecule has 4 rings (SSSR count). The van der Waals surface area contributed by atoms with Gasteiger partial charge in [-0.1, -0.05) is 23.7 Å². The molecule has 0 aliphatic rings. The maximum absolute atomic E-state index is 12.5. The molecule has 0 spiro atoms. The number of carbonyl (C=O) groups is 1. The highest BCUT2D eigenvalue weighted by Gasteiger charge is 2.16. The summed E-state index contributed by atoms with van der Waals surface area (Å²) in [5, 5.41) is 5.81. The van der Waals surface area contributed by atoms with Crippen LogP contribution in [-0.4, -0.2) is 15.9 Å². The minimum absolute atomic E-state index is 0.0512. The lowest BCUT2D eigenvalue weighted by Gasteiger charge is -2.12. The lowest BCUT2D eigenvalue weighted by atomic mass is 9.98. The van der Waals surface area contributed by atoms with Gasteiger partial charge in [0.05, 0.1) is 5.92 Å². The van der Waals surface area contributed by atoms with E-state index in [0.717, 1.165) is 33.1 Å². The van der Waals surface area contributed by atoms with Crippen molar-refractivity contribution in [2.45, 2.75) is 12.8 Å². The van der Waals surface area contributed by atoms with E-state index in [1.165, 1.54) is 0 Å². The number of anilines is 1. The van der Waals surface area contributed by atoms with Crippen molar-refractivity contribution in [1.29, 1.82) is 0 Å². The van der Waals surface area contributed by atoms with Crippen LogP contribution >= 0.6 is 11.6 Å². The number of fused-ring (bicyclic) bond motifs is 3. The summed E-state index contributed by atoms with van der Waals surface area (Å²) in [5.41, 5.74) is 3.73. The quantitative estimate of drug-likeness (QED) is 0.540. The fourth-order valence-electron chi connectivity index (χ4n) is 3.00. The number of benzene rings is 2. The van der Waals surface area contributed by atoms with Gasteiger partial charge in [-0.15, -0.1) is 0 Å². The molecule has 0 saturated heterocycles. The van der Waals surface area contributed by atoms with Gasteiger partial charge in [-0.3, -0.25) is 9.78 Å². The lowest BCUT2D eigenvalue weighted by molar-refractivity contribution is -0.117. The van der Waals surface area contributed by atoms with Crippen LogP contribution in [0.15, 0.2) is 60.9 Å². The van der Waals surface area contributed by atoms with Crippen LogP contribution in [0.5, 0.6) is 0 Å². The van der Waals surface area contributed by atoms with E-state index in [2.05, 4.69) is 15.3 Å². The largest absolute Gasteiger partial charge is 0.355 e. The van der Waals surface area contributed by atoms with E-state index in [1.54, 1.807) is 24.5 Å². The first-order valence-corrected chi connectivity index (χ1v) is 8.41. The third-order valence-electron chi connectivity index (χ3n) is 4.43.